The molecule has 1 heterocycles. The van der Waals surface area contributed by atoms with Gasteiger partial charge in [0.25, 0.3) is 0 Å². The molecular weight excluding hydrogens is 280 g/mol. The summed E-state index contributed by atoms with van der Waals surface area (Å²) in [6, 6.07) is 0. The molecule has 0 aliphatic heterocycles. The Balaban J connectivity index is 3.18. The van der Waals surface area contributed by atoms with Crippen molar-refractivity contribution in [3.05, 3.63) is 17.2 Å². The van der Waals surface area contributed by atoms with Gasteiger partial charge in [-0.15, -0.1) is 0 Å². The molecule has 0 atom stereocenters. The molecule has 0 bridgehead atoms. The maximum Gasteiger partial charge on any atom is 0.109 e. The minimum atomic E-state index is 0.150. The fourth-order valence-electron chi connectivity index (χ4n) is 3.32. The molecule has 0 aliphatic carbocycles. The number of aromatic nitrogens is 2. The van der Waals surface area contributed by atoms with Crippen LogP contribution in [0.25, 0.3) is 0 Å². The van der Waals surface area contributed by atoms with Crippen molar-refractivity contribution in [3.63, 3.8) is 0 Å². The molecule has 23 heavy (non-hydrogen) atoms. The van der Waals surface area contributed by atoms with Gasteiger partial charge in [0.2, 0.25) is 0 Å². The Morgan fingerprint density at radius 3 is 1.96 bits per heavy atom. The molecular formula is C21H40N2. The number of hydrogen-bond donors (Lipinski definition) is 1. The molecule has 2 heteroatoms. The van der Waals surface area contributed by atoms with Crippen molar-refractivity contribution in [1.29, 1.82) is 0 Å². The molecule has 0 amide bonds. The lowest BCUT2D eigenvalue weighted by Gasteiger charge is -2.30. The average Bonchev–Trinajstić information content (AvgIpc) is 2.92. The van der Waals surface area contributed by atoms with Crippen molar-refractivity contribution >= 4 is 0 Å². The Hall–Kier alpha value is -0.790. The summed E-state index contributed by atoms with van der Waals surface area (Å²) in [7, 11) is 0. The Bertz CT molecular complexity index is 466. The number of unbranched alkanes of at least 4 members (excludes halogenated alkanes) is 3. The van der Waals surface area contributed by atoms with E-state index >= 15 is 0 Å². The molecule has 0 aromatic carbocycles. The normalized spacial score (nSPS) is 13.1. The van der Waals surface area contributed by atoms with Gasteiger partial charge in [0.1, 0.15) is 5.82 Å². The zero-order valence-corrected chi connectivity index (χ0v) is 17.0. The topological polar surface area (TPSA) is 28.7 Å². The highest BCUT2D eigenvalue weighted by Gasteiger charge is 2.34. The van der Waals surface area contributed by atoms with E-state index in [1.807, 2.05) is 0 Å². The molecule has 0 unspecified atom stereocenters. The second-order valence-corrected chi connectivity index (χ2v) is 8.83. The lowest BCUT2D eigenvalue weighted by atomic mass is 9.75. The van der Waals surface area contributed by atoms with Gasteiger partial charge < -0.3 is 4.98 Å². The maximum absolute atomic E-state index is 5.07. The molecule has 0 spiro atoms. The smallest absolute Gasteiger partial charge is 0.109 e. The summed E-state index contributed by atoms with van der Waals surface area (Å²) in [5, 5.41) is 0. The lowest BCUT2D eigenvalue weighted by Crippen LogP contribution is -2.26. The first-order chi connectivity index (χ1) is 10.7. The average molecular weight is 321 g/mol. The van der Waals surface area contributed by atoms with Crippen LogP contribution in [-0.2, 0) is 10.8 Å². The molecule has 1 N–H and O–H groups in total. The number of rotatable bonds is 10. The maximum atomic E-state index is 5.07. The molecule has 0 saturated heterocycles. The summed E-state index contributed by atoms with van der Waals surface area (Å²) in [6.07, 6.45) is 8.87. The highest BCUT2D eigenvalue weighted by molar-refractivity contribution is 5.30. The van der Waals surface area contributed by atoms with Crippen LogP contribution in [0.5, 0.6) is 0 Å². The predicted molar refractivity (Wildman–Crippen MR) is 102 cm³/mol. The first kappa shape index (κ1) is 20.3. The number of nitrogens with zero attached hydrogens (tertiary/aromatic N) is 1. The fourth-order valence-corrected chi connectivity index (χ4v) is 3.32. The van der Waals surface area contributed by atoms with Crippen LogP contribution in [0.1, 0.15) is 123 Å². The predicted octanol–water partition coefficient (Wildman–Crippen LogP) is 6.86. The third-order valence-electron chi connectivity index (χ3n) is 5.15. The third kappa shape index (κ3) is 5.36. The first-order valence-electron chi connectivity index (χ1n) is 9.76. The molecule has 1 rings (SSSR count). The zero-order chi connectivity index (χ0) is 17.7. The van der Waals surface area contributed by atoms with E-state index in [-0.39, 0.29) is 10.8 Å². The quantitative estimate of drug-likeness (QED) is 0.469. The molecule has 0 aliphatic rings. The highest BCUT2D eigenvalue weighted by atomic mass is 15.0. The molecule has 1 aromatic rings. The van der Waals surface area contributed by atoms with Gasteiger partial charge in [0.15, 0.2) is 0 Å². The number of nitrogens with one attached hydrogen (secondary N) is 1. The van der Waals surface area contributed by atoms with Gasteiger partial charge in [-0.2, -0.15) is 0 Å². The van der Waals surface area contributed by atoms with Crippen LogP contribution < -0.4 is 0 Å². The molecule has 0 radical (unpaired) electrons. The van der Waals surface area contributed by atoms with E-state index in [4.69, 9.17) is 4.98 Å². The van der Waals surface area contributed by atoms with Crippen LogP contribution in [0.2, 0.25) is 0 Å². The Labute approximate surface area is 144 Å². The number of H-pyrrole nitrogens is 1. The van der Waals surface area contributed by atoms with Crippen LogP contribution in [0, 0.1) is 0 Å². The fraction of sp³-hybridized carbons (Fsp3) is 0.857. The van der Waals surface area contributed by atoms with Gasteiger partial charge in [0, 0.05) is 22.4 Å². The first-order valence-corrected chi connectivity index (χ1v) is 9.76. The van der Waals surface area contributed by atoms with Crippen molar-refractivity contribution in [2.45, 2.75) is 117 Å². The van der Waals surface area contributed by atoms with Gasteiger partial charge >= 0.3 is 0 Å². The van der Waals surface area contributed by atoms with E-state index in [2.05, 4.69) is 60.4 Å². The van der Waals surface area contributed by atoms with Crippen molar-refractivity contribution in [1.82, 2.24) is 9.97 Å². The van der Waals surface area contributed by atoms with E-state index in [1.54, 1.807) is 0 Å². The second kappa shape index (κ2) is 8.35. The number of aromatic amines is 1. The van der Waals surface area contributed by atoms with E-state index < -0.39 is 0 Å². The molecule has 1 aromatic heterocycles. The van der Waals surface area contributed by atoms with Gasteiger partial charge in [-0.1, -0.05) is 87.5 Å². The summed E-state index contributed by atoms with van der Waals surface area (Å²) in [5.41, 5.74) is 3.03. The standard InChI is InChI=1S/C21H40N2/c1-9-11-13-15-21(7,8)18-17(20(5,6)14-12-10-2)22-19(23-18)16(3)4/h16H,9-15H2,1-8H3,(H,22,23). The van der Waals surface area contributed by atoms with E-state index in [0.717, 1.165) is 5.82 Å². The molecule has 0 saturated carbocycles. The van der Waals surface area contributed by atoms with Gasteiger partial charge in [-0.3, -0.25) is 0 Å². The Morgan fingerprint density at radius 2 is 1.43 bits per heavy atom. The number of hydrogen-bond acceptors (Lipinski definition) is 1. The molecule has 2 nitrogen and oxygen atoms in total. The van der Waals surface area contributed by atoms with Gasteiger partial charge in [0.05, 0.1) is 5.69 Å². The Kier molecular flexibility index (Phi) is 7.35. The summed E-state index contributed by atoms with van der Waals surface area (Å²) in [4.78, 5) is 8.79. The second-order valence-electron chi connectivity index (χ2n) is 8.83. The van der Waals surface area contributed by atoms with Crippen LogP contribution in [0.3, 0.4) is 0 Å². The summed E-state index contributed by atoms with van der Waals surface area (Å²) in [6.45, 7) is 18.5. The van der Waals surface area contributed by atoms with E-state index in [9.17, 15) is 0 Å². The van der Waals surface area contributed by atoms with Crippen LogP contribution >= 0.6 is 0 Å². The monoisotopic (exact) mass is 320 g/mol. The van der Waals surface area contributed by atoms with Crippen LogP contribution in [0.15, 0.2) is 0 Å². The minimum absolute atomic E-state index is 0.150. The lowest BCUT2D eigenvalue weighted by molar-refractivity contribution is 0.401. The SMILES string of the molecule is CCCCCC(C)(C)c1[nH]c(C(C)C)nc1C(C)(C)CCCC. The van der Waals surface area contributed by atoms with Gasteiger partial charge in [-0.05, 0) is 12.8 Å². The van der Waals surface area contributed by atoms with Crippen LogP contribution in [-0.4, -0.2) is 9.97 Å². The van der Waals surface area contributed by atoms with Crippen molar-refractivity contribution < 1.29 is 0 Å². The summed E-state index contributed by atoms with van der Waals surface area (Å²) in [5.74, 6) is 1.61. The largest absolute Gasteiger partial charge is 0.345 e. The highest BCUT2D eigenvalue weighted by Crippen LogP contribution is 2.38. The Morgan fingerprint density at radius 1 is 0.870 bits per heavy atom. The van der Waals surface area contributed by atoms with E-state index in [1.165, 1.54) is 56.3 Å². The number of imidazole rings is 1. The molecule has 134 valence electrons. The molecule has 0 fully saturated rings. The van der Waals surface area contributed by atoms with Crippen LogP contribution in [0.4, 0.5) is 0 Å². The minimum Gasteiger partial charge on any atom is -0.345 e. The summed E-state index contributed by atoms with van der Waals surface area (Å²) < 4.78 is 0. The van der Waals surface area contributed by atoms with Gasteiger partial charge in [-0.25, -0.2) is 4.98 Å². The van der Waals surface area contributed by atoms with Crippen molar-refractivity contribution in [2.24, 2.45) is 0 Å². The third-order valence-corrected chi connectivity index (χ3v) is 5.15. The summed E-state index contributed by atoms with van der Waals surface area (Å²) >= 11 is 0. The van der Waals surface area contributed by atoms with E-state index in [0.29, 0.717) is 5.92 Å². The van der Waals surface area contributed by atoms with Crippen molar-refractivity contribution in [2.75, 3.05) is 0 Å². The zero-order valence-electron chi connectivity index (χ0n) is 17.0. The van der Waals surface area contributed by atoms with Crippen molar-refractivity contribution in [3.8, 4) is 0 Å².